The van der Waals surface area contributed by atoms with Gasteiger partial charge in [-0.3, -0.25) is 9.78 Å². The average molecular weight is 339 g/mol. The molecule has 0 saturated carbocycles. The van der Waals surface area contributed by atoms with Gasteiger partial charge in [0.15, 0.2) is 5.16 Å². The molecule has 0 aliphatic heterocycles. The summed E-state index contributed by atoms with van der Waals surface area (Å²) in [6, 6.07) is 11.9. The Hall–Kier alpha value is -2.67. The van der Waals surface area contributed by atoms with Crippen LogP contribution in [-0.2, 0) is 18.3 Å². The Morgan fingerprint density at radius 2 is 1.83 bits per heavy atom. The number of hydrogen-bond acceptors (Lipinski definition) is 5. The van der Waals surface area contributed by atoms with Crippen molar-refractivity contribution in [3.8, 4) is 0 Å². The van der Waals surface area contributed by atoms with E-state index in [0.717, 1.165) is 17.3 Å². The molecule has 0 fully saturated rings. The van der Waals surface area contributed by atoms with Gasteiger partial charge in [0, 0.05) is 25.1 Å². The van der Waals surface area contributed by atoms with Crippen molar-refractivity contribution in [1.82, 2.24) is 19.7 Å². The smallest absolute Gasteiger partial charge is 0.234 e. The van der Waals surface area contributed by atoms with E-state index in [1.165, 1.54) is 22.9 Å². The van der Waals surface area contributed by atoms with Crippen LogP contribution in [0.5, 0.6) is 0 Å². The number of pyridine rings is 1. The van der Waals surface area contributed by atoms with E-state index in [9.17, 15) is 4.79 Å². The van der Waals surface area contributed by atoms with E-state index in [1.807, 2.05) is 43.4 Å². The number of carbonyl (C=O) groups excluding carboxylic acids is 1. The number of amides is 1. The van der Waals surface area contributed by atoms with Gasteiger partial charge in [0.05, 0.1) is 5.75 Å². The minimum Gasteiger partial charge on any atom is -0.325 e. The summed E-state index contributed by atoms with van der Waals surface area (Å²) in [6.45, 7) is 0. The highest BCUT2D eigenvalue weighted by molar-refractivity contribution is 7.99. The van der Waals surface area contributed by atoms with Crippen LogP contribution < -0.4 is 5.32 Å². The molecule has 24 heavy (non-hydrogen) atoms. The van der Waals surface area contributed by atoms with Crippen LogP contribution in [0.15, 0.2) is 60.3 Å². The van der Waals surface area contributed by atoms with Crippen molar-refractivity contribution in [2.24, 2.45) is 7.05 Å². The second kappa shape index (κ2) is 7.74. The number of carbonyl (C=O) groups is 1. The first-order valence-corrected chi connectivity index (χ1v) is 8.44. The van der Waals surface area contributed by atoms with Gasteiger partial charge in [-0.25, -0.2) is 0 Å². The van der Waals surface area contributed by atoms with E-state index in [4.69, 9.17) is 0 Å². The second-order valence-electron chi connectivity index (χ2n) is 5.29. The molecule has 0 unspecified atom stereocenters. The predicted molar refractivity (Wildman–Crippen MR) is 93.8 cm³/mol. The molecule has 0 spiro atoms. The Morgan fingerprint density at radius 3 is 2.50 bits per heavy atom. The summed E-state index contributed by atoms with van der Waals surface area (Å²) in [6.07, 6.45) is 6.04. The Bertz CT molecular complexity index is 801. The monoisotopic (exact) mass is 339 g/mol. The molecule has 0 saturated heterocycles. The average Bonchev–Trinajstić information content (AvgIpc) is 3.01. The van der Waals surface area contributed by atoms with Crippen LogP contribution in [0.4, 0.5) is 5.69 Å². The van der Waals surface area contributed by atoms with Crippen molar-refractivity contribution in [1.29, 1.82) is 0 Å². The van der Waals surface area contributed by atoms with Gasteiger partial charge in [0.2, 0.25) is 5.91 Å². The van der Waals surface area contributed by atoms with Crippen LogP contribution in [0.25, 0.3) is 0 Å². The van der Waals surface area contributed by atoms with Gasteiger partial charge in [0.1, 0.15) is 6.33 Å². The maximum absolute atomic E-state index is 12.0. The fourth-order valence-electron chi connectivity index (χ4n) is 2.17. The lowest BCUT2D eigenvalue weighted by molar-refractivity contribution is -0.113. The maximum atomic E-state index is 12.0. The Kier molecular flexibility index (Phi) is 5.22. The topological polar surface area (TPSA) is 72.7 Å². The SMILES string of the molecule is Cn1cnnc1SCC(=O)Nc1ccc(Cc2ccncc2)cc1. The van der Waals surface area contributed by atoms with Gasteiger partial charge in [-0.2, -0.15) is 0 Å². The van der Waals surface area contributed by atoms with Crippen LogP contribution in [-0.4, -0.2) is 31.4 Å². The molecule has 1 N–H and O–H groups in total. The van der Waals surface area contributed by atoms with Gasteiger partial charge < -0.3 is 9.88 Å². The van der Waals surface area contributed by atoms with E-state index in [-0.39, 0.29) is 5.91 Å². The van der Waals surface area contributed by atoms with Crippen molar-refractivity contribution in [3.63, 3.8) is 0 Å². The standard InChI is InChI=1S/C17H17N5OS/c1-22-12-19-21-17(22)24-11-16(23)20-15-4-2-13(3-5-15)10-14-6-8-18-9-7-14/h2-9,12H,10-11H2,1H3,(H,20,23). The molecule has 0 aliphatic carbocycles. The number of rotatable bonds is 6. The zero-order chi connectivity index (χ0) is 16.8. The van der Waals surface area contributed by atoms with E-state index >= 15 is 0 Å². The minimum atomic E-state index is -0.0649. The summed E-state index contributed by atoms with van der Waals surface area (Å²) in [5.74, 6) is 0.232. The van der Waals surface area contributed by atoms with Crippen LogP contribution >= 0.6 is 11.8 Å². The second-order valence-corrected chi connectivity index (χ2v) is 6.23. The molecule has 122 valence electrons. The fraction of sp³-hybridized carbons (Fsp3) is 0.176. The number of thioether (sulfide) groups is 1. The maximum Gasteiger partial charge on any atom is 0.234 e. The van der Waals surface area contributed by atoms with Crippen molar-refractivity contribution in [3.05, 3.63) is 66.2 Å². The zero-order valence-corrected chi connectivity index (χ0v) is 14.0. The summed E-state index contributed by atoms with van der Waals surface area (Å²) >= 11 is 1.36. The van der Waals surface area contributed by atoms with Gasteiger partial charge in [-0.15, -0.1) is 10.2 Å². The minimum absolute atomic E-state index is 0.0649. The molecule has 6 nitrogen and oxygen atoms in total. The van der Waals surface area contributed by atoms with E-state index in [0.29, 0.717) is 5.75 Å². The van der Waals surface area contributed by atoms with Crippen LogP contribution in [0.3, 0.4) is 0 Å². The molecule has 0 aliphatic rings. The van der Waals surface area contributed by atoms with Gasteiger partial charge in [-0.05, 0) is 41.8 Å². The van der Waals surface area contributed by atoms with Crippen molar-refractivity contribution < 1.29 is 4.79 Å². The molecule has 3 rings (SSSR count). The van der Waals surface area contributed by atoms with Crippen LogP contribution in [0.2, 0.25) is 0 Å². The summed E-state index contributed by atoms with van der Waals surface area (Å²) < 4.78 is 1.78. The highest BCUT2D eigenvalue weighted by Gasteiger charge is 2.07. The molecule has 3 aromatic rings. The molecule has 2 aromatic heterocycles. The highest BCUT2D eigenvalue weighted by Crippen LogP contribution is 2.16. The number of hydrogen-bond donors (Lipinski definition) is 1. The summed E-state index contributed by atoms with van der Waals surface area (Å²) in [4.78, 5) is 16.0. The number of benzene rings is 1. The Labute approximate surface area is 144 Å². The zero-order valence-electron chi connectivity index (χ0n) is 13.2. The summed E-state index contributed by atoms with van der Waals surface area (Å²) in [5, 5.41) is 11.3. The summed E-state index contributed by atoms with van der Waals surface area (Å²) in [5.41, 5.74) is 3.19. The highest BCUT2D eigenvalue weighted by atomic mass is 32.2. The first-order chi connectivity index (χ1) is 11.7. The third kappa shape index (κ3) is 4.42. The molecule has 1 aromatic carbocycles. The number of aryl methyl sites for hydroxylation is 1. The molecule has 0 atom stereocenters. The third-order valence-electron chi connectivity index (χ3n) is 3.40. The van der Waals surface area contributed by atoms with Crippen molar-refractivity contribution in [2.75, 3.05) is 11.1 Å². The molecule has 0 bridgehead atoms. The van der Waals surface area contributed by atoms with Gasteiger partial charge in [-0.1, -0.05) is 23.9 Å². The number of nitrogens with zero attached hydrogens (tertiary/aromatic N) is 4. The number of anilines is 1. The van der Waals surface area contributed by atoms with E-state index < -0.39 is 0 Å². The van der Waals surface area contributed by atoms with Crippen molar-refractivity contribution in [2.45, 2.75) is 11.6 Å². The molecule has 0 radical (unpaired) electrons. The third-order valence-corrected chi connectivity index (χ3v) is 4.43. The molecule has 1 amide bonds. The lowest BCUT2D eigenvalue weighted by Gasteiger charge is -2.07. The number of aromatic nitrogens is 4. The van der Waals surface area contributed by atoms with Crippen molar-refractivity contribution >= 4 is 23.4 Å². The predicted octanol–water partition coefficient (Wildman–Crippen LogP) is 2.53. The fourth-order valence-corrected chi connectivity index (χ4v) is 2.86. The normalized spacial score (nSPS) is 10.5. The van der Waals surface area contributed by atoms with E-state index in [2.05, 4.69) is 20.5 Å². The van der Waals surface area contributed by atoms with Gasteiger partial charge in [0.25, 0.3) is 0 Å². The molecule has 2 heterocycles. The lowest BCUT2D eigenvalue weighted by atomic mass is 10.1. The largest absolute Gasteiger partial charge is 0.325 e. The Morgan fingerprint density at radius 1 is 1.12 bits per heavy atom. The van der Waals surface area contributed by atoms with Crippen LogP contribution in [0, 0.1) is 0 Å². The quantitative estimate of drug-likeness (QED) is 0.699. The lowest BCUT2D eigenvalue weighted by Crippen LogP contribution is -2.14. The first kappa shape index (κ1) is 16.2. The molecule has 7 heteroatoms. The Balaban J connectivity index is 1.52. The molecular weight excluding hydrogens is 322 g/mol. The van der Waals surface area contributed by atoms with Crippen LogP contribution in [0.1, 0.15) is 11.1 Å². The van der Waals surface area contributed by atoms with E-state index in [1.54, 1.807) is 23.3 Å². The molecular formula is C17H17N5OS. The van der Waals surface area contributed by atoms with Gasteiger partial charge >= 0.3 is 0 Å². The first-order valence-electron chi connectivity index (χ1n) is 7.45. The number of nitrogens with one attached hydrogen (secondary N) is 1. The summed E-state index contributed by atoms with van der Waals surface area (Å²) in [7, 11) is 1.85.